The quantitative estimate of drug-likeness (QED) is 0.458. The number of halogens is 3. The van der Waals surface area contributed by atoms with Crippen LogP contribution in [0.15, 0.2) is 24.5 Å². The van der Waals surface area contributed by atoms with Gasteiger partial charge in [-0.1, -0.05) is 0 Å². The van der Waals surface area contributed by atoms with Crippen LogP contribution in [0.5, 0.6) is 5.75 Å². The first-order valence-corrected chi connectivity index (χ1v) is 9.51. The van der Waals surface area contributed by atoms with E-state index in [4.69, 9.17) is 9.47 Å². The normalized spacial score (nSPS) is 13.1. The van der Waals surface area contributed by atoms with Crippen molar-refractivity contribution in [2.45, 2.75) is 26.1 Å². The van der Waals surface area contributed by atoms with Gasteiger partial charge >= 0.3 is 6.18 Å². The lowest BCUT2D eigenvalue weighted by atomic mass is 10.1. The van der Waals surface area contributed by atoms with E-state index >= 15 is 0 Å². The number of ether oxygens (including phenoxy) is 2. The maximum absolute atomic E-state index is 13.7. The molecule has 12 heteroatoms. The summed E-state index contributed by atoms with van der Waals surface area (Å²) in [6.07, 6.45) is -2.26. The van der Waals surface area contributed by atoms with Crippen molar-refractivity contribution in [2.24, 2.45) is 0 Å². The number of nitrogens with zero attached hydrogens (tertiary/aromatic N) is 5. The van der Waals surface area contributed by atoms with Crippen LogP contribution in [-0.4, -0.2) is 56.1 Å². The maximum Gasteiger partial charge on any atom is 0.420 e. The predicted molar refractivity (Wildman–Crippen MR) is 107 cm³/mol. The Kier molecular flexibility index (Phi) is 5.39. The molecule has 0 aliphatic carbocycles. The number of methoxy groups -OCH3 is 1. The standard InChI is InChI=1S/C19H20F3N7O2/c1-4-31-11-5-6-13-14-16(26-27-17(14)28-29(13)8-11)15-12(19(20,21)22)7-23-18(25-15)24-10(2)9-30-3/h5-8,10H,4,9H2,1-3H3,(H,27,28)(H,23,24,25)/t10-/m0/s1. The van der Waals surface area contributed by atoms with Crippen molar-refractivity contribution in [3.63, 3.8) is 0 Å². The molecule has 0 aliphatic rings. The summed E-state index contributed by atoms with van der Waals surface area (Å²) in [6, 6.07) is 3.23. The molecule has 2 N–H and O–H groups in total. The average molecular weight is 435 g/mol. The first kappa shape index (κ1) is 20.8. The SMILES string of the molecule is CCOc1ccc2c3c(-c4nc(N[C@@H](C)COC)ncc4C(F)(F)F)n[nH]c3nn2c1. The second kappa shape index (κ2) is 8.02. The maximum atomic E-state index is 13.7. The topological polar surface area (TPSA) is 102 Å². The van der Waals surface area contributed by atoms with Crippen LogP contribution >= 0.6 is 0 Å². The number of aromatic amines is 1. The fourth-order valence-corrected chi connectivity index (χ4v) is 3.28. The van der Waals surface area contributed by atoms with Gasteiger partial charge < -0.3 is 14.8 Å². The highest BCUT2D eigenvalue weighted by molar-refractivity contribution is 6.02. The number of pyridine rings is 1. The Hall–Kier alpha value is -3.41. The second-order valence-corrected chi connectivity index (χ2v) is 6.88. The summed E-state index contributed by atoms with van der Waals surface area (Å²) in [4.78, 5) is 7.97. The Bertz CT molecular complexity index is 1220. The van der Waals surface area contributed by atoms with E-state index < -0.39 is 11.7 Å². The first-order chi connectivity index (χ1) is 14.8. The summed E-state index contributed by atoms with van der Waals surface area (Å²) in [5.74, 6) is 0.630. The van der Waals surface area contributed by atoms with Gasteiger partial charge in [-0.3, -0.25) is 5.10 Å². The molecule has 0 amide bonds. The van der Waals surface area contributed by atoms with Crippen molar-refractivity contribution in [1.82, 2.24) is 29.8 Å². The molecule has 0 bridgehead atoms. The molecular formula is C19H20F3N7O2. The summed E-state index contributed by atoms with van der Waals surface area (Å²) < 4.78 is 53.2. The number of anilines is 1. The number of nitrogens with one attached hydrogen (secondary N) is 2. The molecule has 0 saturated heterocycles. The molecule has 0 radical (unpaired) electrons. The Morgan fingerprint density at radius 1 is 1.26 bits per heavy atom. The number of aromatic nitrogens is 6. The van der Waals surface area contributed by atoms with Gasteiger partial charge in [0, 0.05) is 19.3 Å². The molecule has 4 rings (SSSR count). The Morgan fingerprint density at radius 3 is 2.77 bits per heavy atom. The van der Waals surface area contributed by atoms with Crippen LogP contribution in [0.25, 0.3) is 27.9 Å². The summed E-state index contributed by atoms with van der Waals surface area (Å²) in [6.45, 7) is 4.47. The Labute approximate surface area is 174 Å². The van der Waals surface area contributed by atoms with Gasteiger partial charge in [-0.05, 0) is 26.0 Å². The van der Waals surface area contributed by atoms with E-state index in [-0.39, 0.29) is 23.4 Å². The highest BCUT2D eigenvalue weighted by Crippen LogP contribution is 2.38. The lowest BCUT2D eigenvalue weighted by molar-refractivity contribution is -0.137. The van der Waals surface area contributed by atoms with Crippen molar-refractivity contribution in [3.8, 4) is 17.1 Å². The lowest BCUT2D eigenvalue weighted by Gasteiger charge is -2.15. The van der Waals surface area contributed by atoms with Gasteiger partial charge in [0.15, 0.2) is 5.65 Å². The van der Waals surface area contributed by atoms with Crippen LogP contribution in [0.3, 0.4) is 0 Å². The molecule has 4 heterocycles. The molecule has 4 aromatic rings. The van der Waals surface area contributed by atoms with Crippen molar-refractivity contribution in [1.29, 1.82) is 0 Å². The zero-order valence-corrected chi connectivity index (χ0v) is 17.0. The van der Waals surface area contributed by atoms with Gasteiger partial charge in [-0.25, -0.2) is 14.5 Å². The number of hydrogen-bond acceptors (Lipinski definition) is 7. The van der Waals surface area contributed by atoms with Gasteiger partial charge in [0.2, 0.25) is 5.95 Å². The zero-order valence-electron chi connectivity index (χ0n) is 17.0. The van der Waals surface area contributed by atoms with E-state index in [9.17, 15) is 13.2 Å². The number of alkyl halides is 3. The predicted octanol–water partition coefficient (Wildman–Crippen LogP) is 3.53. The second-order valence-electron chi connectivity index (χ2n) is 6.88. The highest BCUT2D eigenvalue weighted by atomic mass is 19.4. The third-order valence-electron chi connectivity index (χ3n) is 4.53. The number of rotatable bonds is 7. The van der Waals surface area contributed by atoms with Crippen LogP contribution in [0, 0.1) is 0 Å². The molecule has 0 aromatic carbocycles. The average Bonchev–Trinajstić information content (AvgIpc) is 3.26. The molecule has 0 saturated carbocycles. The van der Waals surface area contributed by atoms with Crippen molar-refractivity contribution in [2.75, 3.05) is 25.6 Å². The number of H-pyrrole nitrogens is 1. The van der Waals surface area contributed by atoms with Gasteiger partial charge in [-0.2, -0.15) is 18.3 Å². The fourth-order valence-electron chi connectivity index (χ4n) is 3.28. The molecule has 164 valence electrons. The minimum atomic E-state index is -4.66. The molecule has 1 atom stereocenters. The van der Waals surface area contributed by atoms with Crippen LogP contribution in [0.2, 0.25) is 0 Å². The Balaban J connectivity index is 1.87. The molecule has 31 heavy (non-hydrogen) atoms. The van der Waals surface area contributed by atoms with Gasteiger partial charge in [0.05, 0.1) is 30.3 Å². The minimum absolute atomic E-state index is 0.0336. The van der Waals surface area contributed by atoms with Gasteiger partial charge in [0.1, 0.15) is 22.7 Å². The van der Waals surface area contributed by atoms with E-state index in [1.165, 1.54) is 11.6 Å². The summed E-state index contributed by atoms with van der Waals surface area (Å²) in [5, 5.41) is 14.5. The van der Waals surface area contributed by atoms with Crippen molar-refractivity contribution in [3.05, 3.63) is 30.1 Å². The van der Waals surface area contributed by atoms with E-state index in [2.05, 4.69) is 30.6 Å². The molecule has 0 aliphatic heterocycles. The molecule has 4 aromatic heterocycles. The summed E-state index contributed by atoms with van der Waals surface area (Å²) in [7, 11) is 1.53. The fraction of sp³-hybridized carbons (Fsp3) is 0.368. The van der Waals surface area contributed by atoms with Crippen molar-refractivity contribution >= 4 is 22.5 Å². The summed E-state index contributed by atoms with van der Waals surface area (Å²) >= 11 is 0. The first-order valence-electron chi connectivity index (χ1n) is 9.51. The molecule has 0 spiro atoms. The lowest BCUT2D eigenvalue weighted by Crippen LogP contribution is -2.23. The van der Waals surface area contributed by atoms with Crippen LogP contribution < -0.4 is 10.1 Å². The minimum Gasteiger partial charge on any atom is -0.492 e. The van der Waals surface area contributed by atoms with E-state index in [1.807, 2.05) is 6.92 Å². The van der Waals surface area contributed by atoms with Gasteiger partial charge in [-0.15, -0.1) is 5.10 Å². The van der Waals surface area contributed by atoms with Gasteiger partial charge in [0.25, 0.3) is 0 Å². The third kappa shape index (κ3) is 3.98. The highest BCUT2D eigenvalue weighted by Gasteiger charge is 2.37. The monoisotopic (exact) mass is 435 g/mol. The Morgan fingerprint density at radius 2 is 2.06 bits per heavy atom. The summed E-state index contributed by atoms with van der Waals surface area (Å²) in [5.41, 5.74) is -0.402. The van der Waals surface area contributed by atoms with Crippen molar-refractivity contribution < 1.29 is 22.6 Å². The van der Waals surface area contributed by atoms with E-state index in [0.29, 0.717) is 35.5 Å². The third-order valence-corrected chi connectivity index (χ3v) is 4.53. The molecule has 0 fully saturated rings. The zero-order chi connectivity index (χ0) is 22.2. The van der Waals surface area contributed by atoms with Crippen LogP contribution in [-0.2, 0) is 10.9 Å². The molecule has 0 unspecified atom stereocenters. The molecular weight excluding hydrogens is 415 g/mol. The number of hydrogen-bond donors (Lipinski definition) is 2. The van der Waals surface area contributed by atoms with E-state index in [0.717, 1.165) is 6.20 Å². The van der Waals surface area contributed by atoms with Crippen LogP contribution in [0.4, 0.5) is 19.1 Å². The molecule has 9 nitrogen and oxygen atoms in total. The van der Waals surface area contributed by atoms with E-state index in [1.54, 1.807) is 25.3 Å². The largest absolute Gasteiger partial charge is 0.492 e. The van der Waals surface area contributed by atoms with Crippen LogP contribution in [0.1, 0.15) is 19.4 Å². The number of fused-ring (bicyclic) bond motifs is 3. The smallest absolute Gasteiger partial charge is 0.420 e.